The maximum Gasteiger partial charge on any atom is 0.306 e. The summed E-state index contributed by atoms with van der Waals surface area (Å²) in [5.74, 6) is -4.31. The number of unbranched alkanes of at least 4 members (excludes halogenated alkanes) is 9. The molecule has 0 rings (SSSR count). The van der Waals surface area contributed by atoms with Gasteiger partial charge in [-0.25, -0.2) is 0 Å². The van der Waals surface area contributed by atoms with Gasteiger partial charge < -0.3 is 42.6 Å². The first-order chi connectivity index (χ1) is 31.8. The summed E-state index contributed by atoms with van der Waals surface area (Å²) >= 11 is 0. The molecular formula is C48H80O18. The van der Waals surface area contributed by atoms with Crippen molar-refractivity contribution in [2.24, 2.45) is 5.41 Å². The zero-order chi connectivity index (χ0) is 49.1. The third kappa shape index (κ3) is 37.5. The highest BCUT2D eigenvalue weighted by Crippen LogP contribution is 2.26. The van der Waals surface area contributed by atoms with Crippen LogP contribution in [0.25, 0.3) is 0 Å². The minimum absolute atomic E-state index is 0.0441. The number of carbonyl (C=O) groups is 9. The Morgan fingerprint density at radius 1 is 0.258 bits per heavy atom. The van der Waals surface area contributed by atoms with Crippen molar-refractivity contribution in [3.05, 3.63) is 0 Å². The summed E-state index contributed by atoms with van der Waals surface area (Å²) in [5.41, 5.74) is -1.02. The molecule has 0 unspecified atom stereocenters. The summed E-state index contributed by atoms with van der Waals surface area (Å²) in [6, 6.07) is 0. The fourth-order valence-corrected chi connectivity index (χ4v) is 5.59. The molecule has 0 saturated carbocycles. The number of hydrogen-bond acceptors (Lipinski definition) is 18. The van der Waals surface area contributed by atoms with E-state index in [-0.39, 0.29) is 97.4 Å². The van der Waals surface area contributed by atoms with E-state index >= 15 is 0 Å². The van der Waals surface area contributed by atoms with Crippen LogP contribution in [0.3, 0.4) is 0 Å². The molecule has 0 atom stereocenters. The summed E-state index contributed by atoms with van der Waals surface area (Å²) in [6.07, 6.45) is 9.87. The molecule has 0 amide bonds. The summed E-state index contributed by atoms with van der Waals surface area (Å²) in [7, 11) is 0. The van der Waals surface area contributed by atoms with Gasteiger partial charge >= 0.3 is 53.7 Å². The van der Waals surface area contributed by atoms with E-state index in [4.69, 9.17) is 42.6 Å². The molecule has 0 bridgehead atoms. The number of esters is 9. The van der Waals surface area contributed by atoms with Gasteiger partial charge in [-0.1, -0.05) is 47.0 Å². The lowest BCUT2D eigenvalue weighted by molar-refractivity contribution is -0.163. The molecule has 0 aromatic heterocycles. The van der Waals surface area contributed by atoms with Crippen molar-refractivity contribution in [3.8, 4) is 0 Å². The quantitative estimate of drug-likeness (QED) is 0.0323. The van der Waals surface area contributed by atoms with Gasteiger partial charge in [-0.3, -0.25) is 43.2 Å². The van der Waals surface area contributed by atoms with Gasteiger partial charge in [0, 0.05) is 19.3 Å². The Labute approximate surface area is 391 Å². The number of carbonyl (C=O) groups excluding carboxylic acids is 9. The topological polar surface area (TPSA) is 237 Å². The molecule has 0 aliphatic rings. The first-order valence-electron chi connectivity index (χ1n) is 24.2. The van der Waals surface area contributed by atoms with E-state index in [1.54, 1.807) is 6.92 Å². The second-order valence-corrected chi connectivity index (χ2v) is 16.2. The molecular weight excluding hydrogens is 865 g/mol. The lowest BCUT2D eigenvalue weighted by Gasteiger charge is -2.31. The minimum atomic E-state index is -1.02. The second kappa shape index (κ2) is 41.6. The molecule has 0 aromatic carbocycles. The first-order valence-corrected chi connectivity index (χ1v) is 24.2. The van der Waals surface area contributed by atoms with E-state index in [0.717, 1.165) is 38.5 Å². The highest BCUT2D eigenvalue weighted by molar-refractivity contribution is 5.79. The predicted molar refractivity (Wildman–Crippen MR) is 239 cm³/mol. The van der Waals surface area contributed by atoms with Crippen LogP contribution in [0.4, 0.5) is 0 Å². The molecule has 0 radical (unpaired) electrons. The maximum absolute atomic E-state index is 12.8. The number of ether oxygens (including phenoxy) is 9. The third-order valence-corrected chi connectivity index (χ3v) is 10.1. The predicted octanol–water partition coefficient (Wildman–Crippen LogP) is 7.69. The molecule has 0 heterocycles. The molecule has 380 valence electrons. The maximum atomic E-state index is 12.8. The highest BCUT2D eigenvalue weighted by atomic mass is 16.6. The van der Waals surface area contributed by atoms with Gasteiger partial charge in [-0.05, 0) is 83.5 Å². The van der Waals surface area contributed by atoms with Crippen molar-refractivity contribution in [1.82, 2.24) is 0 Å². The van der Waals surface area contributed by atoms with Crippen molar-refractivity contribution in [3.63, 3.8) is 0 Å². The Hall–Kier alpha value is -4.77. The van der Waals surface area contributed by atoms with Gasteiger partial charge in [0.05, 0.1) is 83.6 Å². The second-order valence-electron chi connectivity index (χ2n) is 16.2. The van der Waals surface area contributed by atoms with E-state index in [1.807, 2.05) is 20.8 Å². The van der Waals surface area contributed by atoms with Crippen LogP contribution in [0.15, 0.2) is 0 Å². The van der Waals surface area contributed by atoms with Gasteiger partial charge in [0.1, 0.15) is 19.8 Å². The van der Waals surface area contributed by atoms with Gasteiger partial charge in [-0.2, -0.15) is 0 Å². The van der Waals surface area contributed by atoms with E-state index in [1.165, 1.54) is 0 Å². The smallest absolute Gasteiger partial charge is 0.306 e. The monoisotopic (exact) mass is 945 g/mol. The number of hydrogen-bond donors (Lipinski definition) is 0. The average molecular weight is 945 g/mol. The fraction of sp³-hybridized carbons (Fsp3) is 0.812. The molecule has 0 saturated heterocycles. The lowest BCUT2D eigenvalue weighted by Crippen LogP contribution is -2.39. The summed E-state index contributed by atoms with van der Waals surface area (Å²) in [4.78, 5) is 109. The third-order valence-electron chi connectivity index (χ3n) is 10.1. The molecule has 0 N–H and O–H groups in total. The molecule has 18 heteroatoms. The van der Waals surface area contributed by atoms with Crippen LogP contribution >= 0.6 is 0 Å². The fourth-order valence-electron chi connectivity index (χ4n) is 5.59. The molecule has 0 spiro atoms. The van der Waals surface area contributed by atoms with Crippen LogP contribution in [0.5, 0.6) is 0 Å². The minimum Gasteiger partial charge on any atom is -0.466 e. The first kappa shape index (κ1) is 61.2. The zero-order valence-electron chi connectivity index (χ0n) is 40.4. The SMILES string of the molecule is CCCCOC(=O)CCC(=O)OCCCCCC(=O)OCC(CC)(COC(=O)CCCCCOC(=O)CCC(=O)OCCCC)COC(=O)CCCCCOC(=O)CCC(=O)OCCCC. The number of rotatable bonds is 43. The summed E-state index contributed by atoms with van der Waals surface area (Å²) in [5, 5.41) is 0. The summed E-state index contributed by atoms with van der Waals surface area (Å²) in [6.45, 7) is 8.64. The lowest BCUT2D eigenvalue weighted by atomic mass is 9.88. The van der Waals surface area contributed by atoms with Crippen molar-refractivity contribution in [1.29, 1.82) is 0 Å². The van der Waals surface area contributed by atoms with E-state index in [9.17, 15) is 43.2 Å². The molecule has 0 aromatic rings. The Morgan fingerprint density at radius 2 is 0.470 bits per heavy atom. The van der Waals surface area contributed by atoms with Gasteiger partial charge in [0.2, 0.25) is 0 Å². The zero-order valence-corrected chi connectivity index (χ0v) is 40.4. The summed E-state index contributed by atoms with van der Waals surface area (Å²) < 4.78 is 47.4. The Bertz CT molecular complexity index is 1240. The Balaban J connectivity index is 4.87. The van der Waals surface area contributed by atoms with Gasteiger partial charge in [0.25, 0.3) is 0 Å². The van der Waals surface area contributed by atoms with Crippen LogP contribution in [-0.4, -0.2) is 113 Å². The van der Waals surface area contributed by atoms with Gasteiger partial charge in [0.15, 0.2) is 0 Å². The normalized spacial score (nSPS) is 10.9. The largest absolute Gasteiger partial charge is 0.466 e. The van der Waals surface area contributed by atoms with Crippen LogP contribution < -0.4 is 0 Å². The van der Waals surface area contributed by atoms with Crippen molar-refractivity contribution in [2.45, 2.75) is 188 Å². The molecule has 18 nitrogen and oxygen atoms in total. The Morgan fingerprint density at radius 3 is 0.682 bits per heavy atom. The van der Waals surface area contributed by atoms with Crippen molar-refractivity contribution < 1.29 is 85.8 Å². The molecule has 0 aliphatic heterocycles. The molecule has 66 heavy (non-hydrogen) atoms. The van der Waals surface area contributed by atoms with Gasteiger partial charge in [-0.15, -0.1) is 0 Å². The van der Waals surface area contributed by atoms with Crippen molar-refractivity contribution in [2.75, 3.05) is 59.5 Å². The van der Waals surface area contributed by atoms with Crippen LogP contribution in [-0.2, 0) is 85.8 Å². The van der Waals surface area contributed by atoms with Crippen LogP contribution in [0.1, 0.15) is 188 Å². The standard InChI is InChI=1S/C48H80O18/c1-5-9-30-58-42(52)24-27-45(55)61-33-18-12-15-21-39(49)64-36-48(8-4,37-65-40(50)22-16-13-19-34-62-46(56)28-25-43(53)59-31-10-6-2)38-66-41(51)23-17-14-20-35-63-47(57)29-26-44(54)60-32-11-7-3/h5-38H2,1-4H3. The van der Waals surface area contributed by atoms with Crippen LogP contribution in [0, 0.1) is 5.41 Å². The molecule has 0 aliphatic carbocycles. The Kier molecular flexibility index (Phi) is 38.6. The molecule has 0 fully saturated rings. The van der Waals surface area contributed by atoms with E-state index < -0.39 is 59.1 Å². The van der Waals surface area contributed by atoms with E-state index in [2.05, 4.69) is 0 Å². The van der Waals surface area contributed by atoms with E-state index in [0.29, 0.717) is 84.0 Å². The van der Waals surface area contributed by atoms with Crippen molar-refractivity contribution >= 4 is 53.7 Å². The average Bonchev–Trinajstić information content (AvgIpc) is 3.30. The highest BCUT2D eigenvalue weighted by Gasteiger charge is 2.34. The van der Waals surface area contributed by atoms with Crippen LogP contribution in [0.2, 0.25) is 0 Å².